The number of anilines is 1. The number of fused-ring (bicyclic) bond motifs is 1. The van der Waals surface area contributed by atoms with Crippen LogP contribution >= 0.6 is 0 Å². The SMILES string of the molecule is N[C@H]1CCN(c2nc3c(c(-c4ccccc4)c2F)c(=O)c(C(=O)O)cn3C2CC2)C1. The van der Waals surface area contributed by atoms with E-state index in [1.165, 1.54) is 6.20 Å². The first-order chi connectivity index (χ1) is 14.5. The van der Waals surface area contributed by atoms with Crippen molar-refractivity contribution in [2.24, 2.45) is 5.73 Å². The largest absolute Gasteiger partial charge is 0.477 e. The van der Waals surface area contributed by atoms with Crippen LogP contribution in [0.25, 0.3) is 22.2 Å². The summed E-state index contributed by atoms with van der Waals surface area (Å²) >= 11 is 0. The van der Waals surface area contributed by atoms with E-state index in [0.29, 0.717) is 24.3 Å². The number of carboxylic acids is 1. The second kappa shape index (κ2) is 6.91. The van der Waals surface area contributed by atoms with E-state index in [1.807, 2.05) is 0 Å². The van der Waals surface area contributed by atoms with Crippen molar-refractivity contribution in [3.05, 3.63) is 58.1 Å². The number of carbonyl (C=O) groups is 1. The minimum atomic E-state index is -1.33. The zero-order chi connectivity index (χ0) is 21.0. The molecule has 0 spiro atoms. The molecule has 1 aliphatic carbocycles. The van der Waals surface area contributed by atoms with Gasteiger partial charge in [0.05, 0.1) is 5.39 Å². The van der Waals surface area contributed by atoms with Crippen LogP contribution in [0.1, 0.15) is 35.7 Å². The fourth-order valence-corrected chi connectivity index (χ4v) is 4.18. The molecule has 0 radical (unpaired) electrons. The molecular formula is C22H21FN4O3. The second-order valence-electron chi connectivity index (χ2n) is 8.00. The number of nitrogens with zero attached hydrogens (tertiary/aromatic N) is 3. The number of halogens is 1. The lowest BCUT2D eigenvalue weighted by atomic mass is 10.00. The Labute approximate surface area is 171 Å². The molecule has 1 atom stereocenters. The maximum Gasteiger partial charge on any atom is 0.341 e. The molecule has 5 rings (SSSR count). The summed E-state index contributed by atoms with van der Waals surface area (Å²) in [5.74, 6) is -1.79. The van der Waals surface area contributed by atoms with Gasteiger partial charge in [0, 0.05) is 36.9 Å². The molecule has 154 valence electrons. The van der Waals surface area contributed by atoms with Crippen LogP contribution in [-0.2, 0) is 0 Å². The quantitative estimate of drug-likeness (QED) is 0.688. The van der Waals surface area contributed by atoms with E-state index in [-0.39, 0.29) is 34.4 Å². The molecule has 1 saturated heterocycles. The predicted molar refractivity (Wildman–Crippen MR) is 111 cm³/mol. The fraction of sp³-hybridized carbons (Fsp3) is 0.318. The minimum absolute atomic E-state index is 0.0118. The van der Waals surface area contributed by atoms with Gasteiger partial charge in [0.1, 0.15) is 11.2 Å². The highest BCUT2D eigenvalue weighted by molar-refractivity contribution is 5.99. The summed E-state index contributed by atoms with van der Waals surface area (Å²) < 4.78 is 17.6. The second-order valence-corrected chi connectivity index (χ2v) is 8.00. The highest BCUT2D eigenvalue weighted by atomic mass is 19.1. The molecule has 2 aromatic heterocycles. The topological polar surface area (TPSA) is 101 Å². The van der Waals surface area contributed by atoms with Crippen molar-refractivity contribution in [2.45, 2.75) is 31.3 Å². The summed E-state index contributed by atoms with van der Waals surface area (Å²) in [5, 5.41) is 9.60. The van der Waals surface area contributed by atoms with Gasteiger partial charge in [-0.15, -0.1) is 0 Å². The Balaban J connectivity index is 1.91. The van der Waals surface area contributed by atoms with E-state index in [9.17, 15) is 14.7 Å². The average Bonchev–Trinajstić information content (AvgIpc) is 3.49. The predicted octanol–water partition coefficient (Wildman–Crippen LogP) is 2.77. The Morgan fingerprint density at radius 3 is 2.53 bits per heavy atom. The van der Waals surface area contributed by atoms with Crippen LogP contribution < -0.4 is 16.1 Å². The van der Waals surface area contributed by atoms with Gasteiger partial charge in [-0.2, -0.15) is 0 Å². The number of pyridine rings is 2. The van der Waals surface area contributed by atoms with Crippen molar-refractivity contribution < 1.29 is 14.3 Å². The molecule has 8 heteroatoms. The Hall–Kier alpha value is -3.26. The number of nitrogens with two attached hydrogens (primary N) is 1. The van der Waals surface area contributed by atoms with Gasteiger partial charge in [-0.1, -0.05) is 30.3 Å². The highest BCUT2D eigenvalue weighted by Gasteiger charge is 2.32. The summed E-state index contributed by atoms with van der Waals surface area (Å²) in [4.78, 5) is 31.3. The van der Waals surface area contributed by atoms with Gasteiger partial charge in [-0.3, -0.25) is 4.79 Å². The van der Waals surface area contributed by atoms with Gasteiger partial charge in [0.15, 0.2) is 11.6 Å². The molecule has 1 aliphatic heterocycles. The van der Waals surface area contributed by atoms with Crippen LogP contribution in [0.3, 0.4) is 0 Å². The molecule has 2 aliphatic rings. The van der Waals surface area contributed by atoms with Crippen LogP contribution in [0.4, 0.5) is 10.2 Å². The number of hydrogen-bond acceptors (Lipinski definition) is 5. The van der Waals surface area contributed by atoms with Gasteiger partial charge in [0.2, 0.25) is 5.43 Å². The van der Waals surface area contributed by atoms with Crippen molar-refractivity contribution in [3.8, 4) is 11.1 Å². The van der Waals surface area contributed by atoms with Crippen molar-refractivity contribution in [3.63, 3.8) is 0 Å². The molecule has 0 amide bonds. The van der Waals surface area contributed by atoms with Crippen molar-refractivity contribution >= 4 is 22.8 Å². The zero-order valence-electron chi connectivity index (χ0n) is 16.2. The fourth-order valence-electron chi connectivity index (χ4n) is 4.18. The maximum absolute atomic E-state index is 15.9. The van der Waals surface area contributed by atoms with Gasteiger partial charge < -0.3 is 20.3 Å². The van der Waals surface area contributed by atoms with Crippen LogP contribution in [0.5, 0.6) is 0 Å². The molecule has 3 heterocycles. The van der Waals surface area contributed by atoms with Crippen molar-refractivity contribution in [2.75, 3.05) is 18.0 Å². The third-order valence-electron chi connectivity index (χ3n) is 5.84. The summed E-state index contributed by atoms with van der Waals surface area (Å²) in [6.45, 7) is 1.05. The van der Waals surface area contributed by atoms with Crippen molar-refractivity contribution in [1.82, 2.24) is 9.55 Å². The first kappa shape index (κ1) is 18.7. The molecule has 2 fully saturated rings. The zero-order valence-corrected chi connectivity index (χ0v) is 16.2. The molecule has 7 nitrogen and oxygen atoms in total. The first-order valence-electron chi connectivity index (χ1n) is 10.0. The maximum atomic E-state index is 15.9. The van der Waals surface area contributed by atoms with E-state index in [0.717, 1.165) is 19.3 Å². The third-order valence-corrected chi connectivity index (χ3v) is 5.84. The van der Waals surface area contributed by atoms with E-state index < -0.39 is 17.2 Å². The smallest absolute Gasteiger partial charge is 0.341 e. The van der Waals surface area contributed by atoms with Gasteiger partial charge in [-0.25, -0.2) is 14.2 Å². The number of aromatic carboxylic acids is 1. The Morgan fingerprint density at radius 2 is 1.93 bits per heavy atom. The standard InChI is InChI=1S/C22H21FN4O3/c23-18-16(12-4-2-1-3-5-12)17-19(28)15(22(29)30)11-27(14-6-7-14)20(17)25-21(18)26-9-8-13(24)10-26/h1-5,11,13-14H,6-10,24H2,(H,29,30)/t13-/m0/s1. The summed E-state index contributed by atoms with van der Waals surface area (Å²) in [7, 11) is 0. The van der Waals surface area contributed by atoms with E-state index >= 15 is 4.39 Å². The number of benzene rings is 1. The third kappa shape index (κ3) is 2.95. The Bertz CT molecular complexity index is 1220. The molecule has 3 aromatic rings. The molecule has 1 aromatic carbocycles. The summed E-state index contributed by atoms with van der Waals surface area (Å²) in [5.41, 5.74) is 5.86. The lowest BCUT2D eigenvalue weighted by Crippen LogP contribution is -2.28. The average molecular weight is 408 g/mol. The number of carboxylic acid groups (broad SMARTS) is 1. The number of aromatic nitrogens is 2. The van der Waals surface area contributed by atoms with Crippen molar-refractivity contribution in [1.29, 1.82) is 0 Å². The highest BCUT2D eigenvalue weighted by Crippen LogP contribution is 2.40. The lowest BCUT2D eigenvalue weighted by Gasteiger charge is -2.22. The van der Waals surface area contributed by atoms with E-state index in [2.05, 4.69) is 4.98 Å². The molecule has 3 N–H and O–H groups in total. The van der Waals surface area contributed by atoms with Crippen LogP contribution in [-0.4, -0.2) is 39.8 Å². The molecule has 0 unspecified atom stereocenters. The van der Waals surface area contributed by atoms with E-state index in [4.69, 9.17) is 5.73 Å². The lowest BCUT2D eigenvalue weighted by molar-refractivity contribution is 0.0695. The molecule has 30 heavy (non-hydrogen) atoms. The summed E-state index contributed by atoms with van der Waals surface area (Å²) in [6, 6.07) is 8.73. The van der Waals surface area contributed by atoms with Gasteiger partial charge in [-0.05, 0) is 24.8 Å². The summed E-state index contributed by atoms with van der Waals surface area (Å²) in [6.07, 6.45) is 3.80. The minimum Gasteiger partial charge on any atom is -0.477 e. The monoisotopic (exact) mass is 408 g/mol. The van der Waals surface area contributed by atoms with Crippen LogP contribution in [0.2, 0.25) is 0 Å². The van der Waals surface area contributed by atoms with Crippen LogP contribution in [0.15, 0.2) is 41.3 Å². The first-order valence-corrected chi connectivity index (χ1v) is 10.0. The molecule has 1 saturated carbocycles. The Morgan fingerprint density at radius 1 is 1.20 bits per heavy atom. The normalized spacial score (nSPS) is 18.9. The van der Waals surface area contributed by atoms with Gasteiger partial charge >= 0.3 is 5.97 Å². The van der Waals surface area contributed by atoms with E-state index in [1.54, 1.807) is 39.8 Å². The van der Waals surface area contributed by atoms with Gasteiger partial charge in [0.25, 0.3) is 0 Å². The molecular weight excluding hydrogens is 387 g/mol. The number of rotatable bonds is 4. The number of hydrogen-bond donors (Lipinski definition) is 2. The molecule has 0 bridgehead atoms. The Kier molecular flexibility index (Phi) is 4.32. The van der Waals surface area contributed by atoms with Crippen LogP contribution in [0, 0.1) is 5.82 Å².